The van der Waals surface area contributed by atoms with E-state index in [1.54, 1.807) is 24.3 Å². The molecule has 5 nitrogen and oxygen atoms in total. The van der Waals surface area contributed by atoms with Gasteiger partial charge in [-0.05, 0) is 42.7 Å². The molecule has 0 fully saturated rings. The third kappa shape index (κ3) is 3.43. The lowest BCUT2D eigenvalue weighted by Gasteiger charge is -2.09. The van der Waals surface area contributed by atoms with Crippen molar-refractivity contribution in [2.75, 3.05) is 4.72 Å². The minimum absolute atomic E-state index is 0.200. The Balaban J connectivity index is 1.79. The summed E-state index contributed by atoms with van der Waals surface area (Å²) in [4.78, 5) is 11.8. The topological polar surface area (TPSA) is 72.5 Å². The second-order valence-corrected chi connectivity index (χ2v) is 7.48. The molecule has 0 spiro atoms. The number of unbranched alkanes of at least 4 members (excludes halogenated alkanes) is 1. The minimum Gasteiger partial charge on any atom is -0.457 e. The first-order chi connectivity index (χ1) is 11.5. The van der Waals surface area contributed by atoms with Gasteiger partial charge in [0.1, 0.15) is 6.61 Å². The Hall–Kier alpha value is -2.34. The summed E-state index contributed by atoms with van der Waals surface area (Å²) in [6.45, 7) is 2.36. The lowest BCUT2D eigenvalue weighted by Crippen LogP contribution is -2.13. The van der Waals surface area contributed by atoms with Crippen LogP contribution in [0.4, 0.5) is 5.69 Å². The molecule has 2 aromatic carbocycles. The van der Waals surface area contributed by atoms with Crippen LogP contribution in [0.3, 0.4) is 0 Å². The number of cyclic esters (lactones) is 1. The second kappa shape index (κ2) is 6.65. The predicted molar refractivity (Wildman–Crippen MR) is 91.4 cm³/mol. The van der Waals surface area contributed by atoms with Gasteiger partial charge in [-0.25, -0.2) is 13.2 Å². The van der Waals surface area contributed by atoms with Crippen LogP contribution in [0.2, 0.25) is 0 Å². The molecule has 1 aliphatic rings. The Morgan fingerprint density at radius 2 is 1.88 bits per heavy atom. The average molecular weight is 345 g/mol. The third-order valence-electron chi connectivity index (χ3n) is 3.99. The van der Waals surface area contributed by atoms with Crippen LogP contribution >= 0.6 is 0 Å². The summed E-state index contributed by atoms with van der Waals surface area (Å²) >= 11 is 0. The van der Waals surface area contributed by atoms with Crippen molar-refractivity contribution in [2.45, 2.75) is 37.7 Å². The van der Waals surface area contributed by atoms with Crippen molar-refractivity contribution < 1.29 is 17.9 Å². The van der Waals surface area contributed by atoms with Gasteiger partial charge in [0.25, 0.3) is 10.0 Å². The normalized spacial score (nSPS) is 13.5. The Morgan fingerprint density at radius 3 is 2.58 bits per heavy atom. The number of carbonyl (C=O) groups excluding carboxylic acids is 1. The van der Waals surface area contributed by atoms with Crippen LogP contribution in [0.5, 0.6) is 0 Å². The van der Waals surface area contributed by atoms with Crippen LogP contribution in [0.15, 0.2) is 47.4 Å². The molecule has 1 heterocycles. The van der Waals surface area contributed by atoms with Crippen LogP contribution in [-0.2, 0) is 27.8 Å². The number of benzene rings is 2. The van der Waals surface area contributed by atoms with E-state index in [4.69, 9.17) is 4.74 Å². The SMILES string of the molecule is CCCCc1ccc(S(=O)(=O)Nc2ccc3c(c2)C(=O)OC3)cc1. The average Bonchev–Trinajstić information content (AvgIpc) is 2.94. The number of anilines is 1. The maximum absolute atomic E-state index is 12.5. The standard InChI is InChI=1S/C18H19NO4S/c1-2-3-4-13-5-9-16(10-6-13)24(21,22)19-15-8-7-14-12-23-18(20)17(14)11-15/h5-11,19H,2-4,12H2,1H3. The lowest BCUT2D eigenvalue weighted by atomic mass is 10.1. The molecule has 0 aliphatic carbocycles. The van der Waals surface area contributed by atoms with E-state index in [2.05, 4.69) is 11.6 Å². The molecule has 0 saturated carbocycles. The second-order valence-electron chi connectivity index (χ2n) is 5.80. The molecule has 1 aliphatic heterocycles. The number of hydrogen-bond donors (Lipinski definition) is 1. The Bertz CT molecular complexity index is 857. The molecule has 24 heavy (non-hydrogen) atoms. The Morgan fingerprint density at radius 1 is 1.12 bits per heavy atom. The van der Waals surface area contributed by atoms with Gasteiger partial charge in [0.05, 0.1) is 10.5 Å². The van der Waals surface area contributed by atoms with Crippen molar-refractivity contribution in [3.05, 3.63) is 59.2 Å². The van der Waals surface area contributed by atoms with Crippen molar-refractivity contribution in [1.29, 1.82) is 0 Å². The van der Waals surface area contributed by atoms with Gasteiger partial charge in [-0.2, -0.15) is 0 Å². The van der Waals surface area contributed by atoms with Crippen LogP contribution in [-0.4, -0.2) is 14.4 Å². The number of esters is 1. The first-order valence-electron chi connectivity index (χ1n) is 7.91. The van der Waals surface area contributed by atoms with Gasteiger partial charge in [-0.1, -0.05) is 31.5 Å². The summed E-state index contributed by atoms with van der Waals surface area (Å²) in [7, 11) is -3.69. The molecule has 0 saturated heterocycles. The fourth-order valence-electron chi connectivity index (χ4n) is 2.61. The third-order valence-corrected chi connectivity index (χ3v) is 5.39. The fraction of sp³-hybridized carbons (Fsp3) is 0.278. The number of aryl methyl sites for hydroxylation is 1. The van der Waals surface area contributed by atoms with Gasteiger partial charge in [0, 0.05) is 11.3 Å². The highest BCUT2D eigenvalue weighted by atomic mass is 32.2. The Kier molecular flexibility index (Phi) is 4.57. The summed E-state index contributed by atoms with van der Waals surface area (Å²) in [5.74, 6) is -0.425. The van der Waals surface area contributed by atoms with Gasteiger partial charge in [-0.3, -0.25) is 4.72 Å². The highest BCUT2D eigenvalue weighted by Crippen LogP contribution is 2.25. The van der Waals surface area contributed by atoms with Crippen molar-refractivity contribution >= 4 is 21.7 Å². The highest BCUT2D eigenvalue weighted by molar-refractivity contribution is 7.92. The molecule has 0 unspecified atom stereocenters. The van der Waals surface area contributed by atoms with Crippen LogP contribution in [0, 0.1) is 0 Å². The number of nitrogens with one attached hydrogen (secondary N) is 1. The van der Waals surface area contributed by atoms with E-state index in [1.165, 1.54) is 6.07 Å². The van der Waals surface area contributed by atoms with Gasteiger partial charge in [0.2, 0.25) is 0 Å². The molecule has 0 atom stereocenters. The van der Waals surface area contributed by atoms with E-state index in [0.717, 1.165) is 30.4 Å². The van der Waals surface area contributed by atoms with Gasteiger partial charge in [0.15, 0.2) is 0 Å². The molecule has 1 N–H and O–H groups in total. The fourth-order valence-corrected chi connectivity index (χ4v) is 3.66. The number of hydrogen-bond acceptors (Lipinski definition) is 4. The summed E-state index contributed by atoms with van der Waals surface area (Å²) in [5, 5.41) is 0. The summed E-state index contributed by atoms with van der Waals surface area (Å²) < 4.78 is 32.4. The summed E-state index contributed by atoms with van der Waals surface area (Å²) in [6.07, 6.45) is 3.12. The van der Waals surface area contributed by atoms with Gasteiger partial charge in [-0.15, -0.1) is 0 Å². The molecule has 3 rings (SSSR count). The maximum atomic E-state index is 12.5. The first kappa shape index (κ1) is 16.5. The zero-order valence-corrected chi connectivity index (χ0v) is 14.2. The number of fused-ring (bicyclic) bond motifs is 1. The minimum atomic E-state index is -3.69. The van der Waals surface area contributed by atoms with Crippen LogP contribution in [0.25, 0.3) is 0 Å². The molecular formula is C18H19NO4S. The van der Waals surface area contributed by atoms with Gasteiger partial charge >= 0.3 is 5.97 Å². The van der Waals surface area contributed by atoms with E-state index in [9.17, 15) is 13.2 Å². The predicted octanol–water partition coefficient (Wildman–Crippen LogP) is 3.50. The van der Waals surface area contributed by atoms with Gasteiger partial charge < -0.3 is 4.74 Å². The monoisotopic (exact) mass is 345 g/mol. The molecule has 0 amide bonds. The van der Waals surface area contributed by atoms with Crippen molar-refractivity contribution in [1.82, 2.24) is 0 Å². The Labute approximate surface area is 141 Å². The van der Waals surface area contributed by atoms with Crippen molar-refractivity contribution in [3.8, 4) is 0 Å². The summed E-state index contributed by atoms with van der Waals surface area (Å²) in [6, 6.07) is 11.7. The zero-order valence-electron chi connectivity index (χ0n) is 13.4. The van der Waals surface area contributed by atoms with Crippen molar-refractivity contribution in [2.24, 2.45) is 0 Å². The molecular weight excluding hydrogens is 326 g/mol. The van der Waals surface area contributed by atoms with Crippen LogP contribution < -0.4 is 4.72 Å². The molecule has 0 aromatic heterocycles. The van der Waals surface area contributed by atoms with E-state index in [1.807, 2.05) is 12.1 Å². The molecule has 2 aromatic rings. The number of sulfonamides is 1. The van der Waals surface area contributed by atoms with E-state index in [0.29, 0.717) is 11.3 Å². The van der Waals surface area contributed by atoms with Crippen LogP contribution in [0.1, 0.15) is 41.3 Å². The molecule has 126 valence electrons. The maximum Gasteiger partial charge on any atom is 0.338 e. The number of carbonyl (C=O) groups is 1. The molecule has 6 heteroatoms. The number of rotatable bonds is 6. The summed E-state index contributed by atoms with van der Waals surface area (Å²) in [5.41, 5.74) is 2.65. The largest absolute Gasteiger partial charge is 0.457 e. The molecule has 0 radical (unpaired) electrons. The molecule has 0 bridgehead atoms. The highest BCUT2D eigenvalue weighted by Gasteiger charge is 2.22. The first-order valence-corrected chi connectivity index (χ1v) is 9.40. The number of ether oxygens (including phenoxy) is 1. The van der Waals surface area contributed by atoms with E-state index >= 15 is 0 Å². The van der Waals surface area contributed by atoms with E-state index in [-0.39, 0.29) is 11.5 Å². The smallest absolute Gasteiger partial charge is 0.338 e. The van der Waals surface area contributed by atoms with Crippen molar-refractivity contribution in [3.63, 3.8) is 0 Å². The van der Waals surface area contributed by atoms with E-state index < -0.39 is 16.0 Å². The zero-order chi connectivity index (χ0) is 17.2. The quantitative estimate of drug-likeness (QED) is 0.813. The lowest BCUT2D eigenvalue weighted by molar-refractivity contribution is 0.0535.